The van der Waals surface area contributed by atoms with Crippen LogP contribution in [-0.4, -0.2) is 14.5 Å². The average molecular weight is 791 g/mol. The summed E-state index contributed by atoms with van der Waals surface area (Å²) in [4.78, 5) is 11.8. The fourth-order valence-corrected chi connectivity index (χ4v) is 5.92. The molecule has 5 nitrogen and oxygen atoms in total. The van der Waals surface area contributed by atoms with Crippen LogP contribution in [0.25, 0.3) is 44.8 Å². The Balaban J connectivity index is 0.00000351. The Kier molecular flexibility index (Phi) is 7.95. The van der Waals surface area contributed by atoms with E-state index < -0.39 is 0 Å². The number of fused-ring (bicyclic) bond motifs is 5. The normalized spacial score (nSPS) is 12.1. The molecular formula is C41H31N4OPt-3. The van der Waals surface area contributed by atoms with Crippen molar-refractivity contribution < 1.29 is 25.8 Å². The maximum Gasteiger partial charge on any atom is 0.0421 e. The minimum Gasteiger partial charge on any atom is -0.503 e. The van der Waals surface area contributed by atoms with Crippen LogP contribution in [0.4, 0.5) is 11.4 Å². The minimum atomic E-state index is 0. The number of benzene rings is 5. The number of para-hydroxylation sites is 3. The van der Waals surface area contributed by atoms with Crippen molar-refractivity contribution in [3.8, 4) is 45.3 Å². The largest absolute Gasteiger partial charge is 0.503 e. The van der Waals surface area contributed by atoms with Crippen molar-refractivity contribution in [2.24, 2.45) is 0 Å². The molecule has 0 atom stereocenters. The van der Waals surface area contributed by atoms with E-state index >= 15 is 0 Å². The molecule has 0 radical (unpaired) electrons. The van der Waals surface area contributed by atoms with Gasteiger partial charge in [-0.1, -0.05) is 105 Å². The van der Waals surface area contributed by atoms with Crippen molar-refractivity contribution in [2.75, 3.05) is 4.90 Å². The van der Waals surface area contributed by atoms with Crippen LogP contribution in [0, 0.1) is 18.8 Å². The van der Waals surface area contributed by atoms with Gasteiger partial charge in [-0.2, -0.15) is 0 Å². The molecular weight excluding hydrogens is 760 g/mol. The third kappa shape index (κ3) is 5.84. The SMILES string of the molecule is CC(C)(C)c1ccnc(-c2[c-]c(Oc3[c-]c(N4[CH-]n5c(nc6ccccc65)-c5ccccc54)cc(-c4ccccc4)c3)ccc2)c1.[Pt]. The molecule has 0 amide bonds. The molecule has 1 aliphatic heterocycles. The van der Waals surface area contributed by atoms with Crippen molar-refractivity contribution in [3.05, 3.63) is 152 Å². The first-order valence-corrected chi connectivity index (χ1v) is 15.4. The molecule has 0 aliphatic carbocycles. The molecule has 0 spiro atoms. The van der Waals surface area contributed by atoms with Crippen LogP contribution >= 0.6 is 0 Å². The summed E-state index contributed by atoms with van der Waals surface area (Å²) < 4.78 is 8.70. The maximum atomic E-state index is 6.55. The fraction of sp³-hybridized carbons (Fsp3) is 0.0976. The minimum absolute atomic E-state index is 0. The number of ether oxygens (including phenoxy) is 1. The van der Waals surface area contributed by atoms with Gasteiger partial charge in [0.05, 0.1) is 0 Å². The monoisotopic (exact) mass is 790 g/mol. The molecule has 234 valence electrons. The van der Waals surface area contributed by atoms with Gasteiger partial charge in [0, 0.05) is 55.8 Å². The predicted octanol–water partition coefficient (Wildman–Crippen LogP) is 10.2. The Morgan fingerprint density at radius 2 is 1.51 bits per heavy atom. The zero-order valence-electron chi connectivity index (χ0n) is 26.2. The Bertz CT molecular complexity index is 2220. The molecule has 6 heteroatoms. The summed E-state index contributed by atoms with van der Waals surface area (Å²) in [7, 11) is 0. The summed E-state index contributed by atoms with van der Waals surface area (Å²) in [5.41, 5.74) is 10.0. The van der Waals surface area contributed by atoms with Crippen LogP contribution in [0.5, 0.6) is 11.5 Å². The smallest absolute Gasteiger partial charge is 0.0421 e. The Morgan fingerprint density at radius 1 is 0.723 bits per heavy atom. The molecule has 47 heavy (non-hydrogen) atoms. The number of imidazole rings is 1. The Morgan fingerprint density at radius 3 is 2.36 bits per heavy atom. The van der Waals surface area contributed by atoms with Crippen LogP contribution in [0.15, 0.2) is 128 Å². The Labute approximate surface area is 289 Å². The zero-order valence-corrected chi connectivity index (χ0v) is 28.5. The van der Waals surface area contributed by atoms with Gasteiger partial charge in [0.15, 0.2) is 0 Å². The van der Waals surface area contributed by atoms with Crippen molar-refractivity contribution in [3.63, 3.8) is 0 Å². The molecule has 0 N–H and O–H groups in total. The van der Waals surface area contributed by atoms with Gasteiger partial charge in [-0.25, -0.2) is 0 Å². The van der Waals surface area contributed by atoms with E-state index in [-0.39, 0.29) is 26.5 Å². The molecule has 0 bridgehead atoms. The van der Waals surface area contributed by atoms with Gasteiger partial charge in [-0.15, -0.1) is 47.5 Å². The van der Waals surface area contributed by atoms with E-state index in [2.05, 4.69) is 133 Å². The summed E-state index contributed by atoms with van der Waals surface area (Å²) in [5, 5.41) is 0. The summed E-state index contributed by atoms with van der Waals surface area (Å²) in [6, 6.07) is 48.3. The average Bonchev–Trinajstić information content (AvgIpc) is 3.47. The zero-order chi connectivity index (χ0) is 31.3. The number of nitrogens with zero attached hydrogens (tertiary/aromatic N) is 4. The second-order valence-corrected chi connectivity index (χ2v) is 12.5. The van der Waals surface area contributed by atoms with E-state index in [0.717, 1.165) is 56.2 Å². The van der Waals surface area contributed by atoms with E-state index in [4.69, 9.17) is 9.72 Å². The van der Waals surface area contributed by atoms with Crippen molar-refractivity contribution in [2.45, 2.75) is 26.2 Å². The van der Waals surface area contributed by atoms with Crippen LogP contribution in [-0.2, 0) is 26.5 Å². The van der Waals surface area contributed by atoms with Crippen LogP contribution in [0.1, 0.15) is 26.3 Å². The number of anilines is 2. The third-order valence-electron chi connectivity index (χ3n) is 8.32. The summed E-state index contributed by atoms with van der Waals surface area (Å²) >= 11 is 0. The number of aromatic nitrogens is 3. The van der Waals surface area contributed by atoms with Gasteiger partial charge in [-0.3, -0.25) is 0 Å². The van der Waals surface area contributed by atoms with E-state index in [0.29, 0.717) is 11.5 Å². The van der Waals surface area contributed by atoms with E-state index in [1.54, 1.807) is 0 Å². The van der Waals surface area contributed by atoms with Gasteiger partial charge in [0.1, 0.15) is 0 Å². The number of rotatable bonds is 5. The van der Waals surface area contributed by atoms with Crippen molar-refractivity contribution in [1.29, 1.82) is 0 Å². The quantitative estimate of drug-likeness (QED) is 0.163. The molecule has 1 aliphatic rings. The molecule has 0 fully saturated rings. The first-order valence-electron chi connectivity index (χ1n) is 15.4. The van der Waals surface area contributed by atoms with Gasteiger partial charge in [0.2, 0.25) is 0 Å². The van der Waals surface area contributed by atoms with Gasteiger partial charge < -0.3 is 24.2 Å². The van der Waals surface area contributed by atoms with Crippen LogP contribution in [0.2, 0.25) is 0 Å². The maximum absolute atomic E-state index is 6.55. The number of hydrogen-bond donors (Lipinski definition) is 0. The Hall–Kier alpha value is -5.12. The summed E-state index contributed by atoms with van der Waals surface area (Å²) in [6.45, 7) is 8.71. The van der Waals surface area contributed by atoms with E-state index in [1.165, 1.54) is 5.56 Å². The van der Waals surface area contributed by atoms with Gasteiger partial charge in [-0.05, 0) is 58.2 Å². The van der Waals surface area contributed by atoms with Crippen LogP contribution < -0.4 is 9.64 Å². The molecule has 0 saturated carbocycles. The van der Waals surface area contributed by atoms with Gasteiger partial charge in [0.25, 0.3) is 0 Å². The molecule has 0 saturated heterocycles. The summed E-state index contributed by atoms with van der Waals surface area (Å²) in [5.74, 6) is 2.10. The summed E-state index contributed by atoms with van der Waals surface area (Å²) in [6.07, 6.45) is 1.86. The molecule has 0 unspecified atom stereocenters. The molecule has 8 rings (SSSR count). The van der Waals surface area contributed by atoms with Crippen molar-refractivity contribution in [1.82, 2.24) is 14.5 Å². The predicted molar refractivity (Wildman–Crippen MR) is 185 cm³/mol. The molecule has 5 aromatic carbocycles. The first kappa shape index (κ1) is 30.5. The van der Waals surface area contributed by atoms with Crippen molar-refractivity contribution >= 4 is 22.4 Å². The third-order valence-corrected chi connectivity index (χ3v) is 8.32. The first-order chi connectivity index (χ1) is 22.4. The van der Waals surface area contributed by atoms with E-state index in [9.17, 15) is 0 Å². The number of pyridine rings is 1. The van der Waals surface area contributed by atoms with Crippen LogP contribution in [0.3, 0.4) is 0 Å². The molecule has 3 heterocycles. The fourth-order valence-electron chi connectivity index (χ4n) is 5.92. The van der Waals surface area contributed by atoms with E-state index in [1.807, 2.05) is 48.7 Å². The topological polar surface area (TPSA) is 43.2 Å². The number of hydrogen-bond acceptors (Lipinski definition) is 4. The second-order valence-electron chi connectivity index (χ2n) is 12.5. The molecule has 2 aromatic heterocycles. The molecule has 7 aromatic rings. The van der Waals surface area contributed by atoms with Gasteiger partial charge >= 0.3 is 0 Å². The second kappa shape index (κ2) is 12.2. The standard InChI is InChI=1S/C41H31N4O.Pt/c1-41(2,3)31-20-21-42-37(25-31)29-14-11-15-33(23-29)46-34-24-30(28-12-5-4-6-13-28)22-32(26-34)44-27-45-39-19-10-8-17-36(39)43-40(45)35-16-7-9-18-38(35)44;/h4-22,24-25,27H,1-3H3;/q-3;.